The minimum absolute atomic E-state index is 0.00396. The summed E-state index contributed by atoms with van der Waals surface area (Å²) in [6, 6.07) is 1.50. The van der Waals surface area contributed by atoms with Crippen LogP contribution in [0.15, 0.2) is 12.3 Å². The Balaban J connectivity index is 2.05. The van der Waals surface area contributed by atoms with Gasteiger partial charge < -0.3 is 10.4 Å². The van der Waals surface area contributed by atoms with E-state index >= 15 is 0 Å². The van der Waals surface area contributed by atoms with Crippen molar-refractivity contribution in [3.63, 3.8) is 0 Å². The molecule has 1 fully saturated rings. The number of anilines is 1. The van der Waals surface area contributed by atoms with Crippen molar-refractivity contribution >= 4 is 22.1 Å². The number of rotatable bonds is 5. The number of nitrogens with zero attached hydrogens (tertiary/aromatic N) is 2. The van der Waals surface area contributed by atoms with Crippen molar-refractivity contribution in [3.05, 3.63) is 18.0 Å². The van der Waals surface area contributed by atoms with Gasteiger partial charge in [-0.05, 0) is 18.9 Å². The van der Waals surface area contributed by atoms with Gasteiger partial charge in [-0.1, -0.05) is 0 Å². The summed E-state index contributed by atoms with van der Waals surface area (Å²) in [6.45, 7) is -0.00396. The standard InChI is InChI=1S/C9H12N4O4S/c14-9(15)11-5-6-3-4-10-8(12-6)13-18(16,17)7-1-2-7/h3-4,7,11H,1-2,5H2,(H,14,15)(H,10,12,13). The Hall–Kier alpha value is -1.90. The van der Waals surface area contributed by atoms with E-state index in [-0.39, 0.29) is 17.7 Å². The lowest BCUT2D eigenvalue weighted by Gasteiger charge is -2.06. The van der Waals surface area contributed by atoms with Gasteiger partial charge in [-0.3, -0.25) is 4.72 Å². The molecule has 0 saturated heterocycles. The molecule has 18 heavy (non-hydrogen) atoms. The van der Waals surface area contributed by atoms with E-state index in [2.05, 4.69) is 20.0 Å². The fraction of sp³-hybridized carbons (Fsp3) is 0.444. The lowest BCUT2D eigenvalue weighted by molar-refractivity contribution is 0.194. The number of amides is 1. The van der Waals surface area contributed by atoms with Crippen LogP contribution >= 0.6 is 0 Å². The molecular formula is C9H12N4O4S. The second-order valence-electron chi connectivity index (χ2n) is 3.88. The molecule has 8 nitrogen and oxygen atoms in total. The molecule has 1 heterocycles. The zero-order valence-electron chi connectivity index (χ0n) is 9.33. The van der Waals surface area contributed by atoms with Crippen LogP contribution in [0.3, 0.4) is 0 Å². The van der Waals surface area contributed by atoms with Crippen molar-refractivity contribution in [1.29, 1.82) is 0 Å². The zero-order valence-corrected chi connectivity index (χ0v) is 10.1. The summed E-state index contributed by atoms with van der Waals surface area (Å²) in [5.74, 6) is -0.0356. The highest BCUT2D eigenvalue weighted by Gasteiger charge is 2.36. The Morgan fingerprint density at radius 3 is 2.83 bits per heavy atom. The molecule has 1 aromatic rings. The Morgan fingerprint density at radius 2 is 2.22 bits per heavy atom. The van der Waals surface area contributed by atoms with Crippen LogP contribution < -0.4 is 10.0 Å². The molecule has 0 aromatic carbocycles. The minimum atomic E-state index is -3.40. The molecule has 9 heteroatoms. The summed E-state index contributed by atoms with van der Waals surface area (Å²) in [5.41, 5.74) is 0.390. The molecule has 0 atom stereocenters. The van der Waals surface area contributed by atoms with Gasteiger partial charge in [-0.2, -0.15) is 0 Å². The summed E-state index contributed by atoms with van der Waals surface area (Å²) >= 11 is 0. The summed E-state index contributed by atoms with van der Waals surface area (Å²) in [6.07, 6.45) is 1.50. The van der Waals surface area contributed by atoms with Crippen LogP contribution in [0.25, 0.3) is 0 Å². The molecule has 2 rings (SSSR count). The van der Waals surface area contributed by atoms with Crippen LogP contribution in [-0.4, -0.2) is 34.8 Å². The fourth-order valence-electron chi connectivity index (χ4n) is 1.30. The Labute approximate surface area is 104 Å². The van der Waals surface area contributed by atoms with E-state index in [0.29, 0.717) is 18.5 Å². The molecule has 0 radical (unpaired) electrons. The number of hydrogen-bond donors (Lipinski definition) is 3. The average molecular weight is 272 g/mol. The first kappa shape index (κ1) is 12.6. The van der Waals surface area contributed by atoms with Gasteiger partial charge in [-0.25, -0.2) is 23.2 Å². The molecule has 3 N–H and O–H groups in total. The van der Waals surface area contributed by atoms with Crippen molar-refractivity contribution in [2.45, 2.75) is 24.6 Å². The van der Waals surface area contributed by atoms with E-state index in [1.165, 1.54) is 12.3 Å². The highest BCUT2D eigenvalue weighted by Crippen LogP contribution is 2.28. The molecule has 1 aromatic heterocycles. The van der Waals surface area contributed by atoms with E-state index in [9.17, 15) is 13.2 Å². The topological polar surface area (TPSA) is 121 Å². The van der Waals surface area contributed by atoms with Crippen LogP contribution in [0, 0.1) is 0 Å². The van der Waals surface area contributed by atoms with Crippen LogP contribution in [0.1, 0.15) is 18.5 Å². The molecule has 1 saturated carbocycles. The average Bonchev–Trinajstić information content (AvgIpc) is 3.10. The van der Waals surface area contributed by atoms with Gasteiger partial charge >= 0.3 is 6.09 Å². The number of hydrogen-bond acceptors (Lipinski definition) is 5. The Morgan fingerprint density at radius 1 is 1.50 bits per heavy atom. The normalized spacial score (nSPS) is 15.1. The largest absolute Gasteiger partial charge is 0.465 e. The quantitative estimate of drug-likeness (QED) is 0.701. The van der Waals surface area contributed by atoms with Crippen LogP contribution in [-0.2, 0) is 16.6 Å². The van der Waals surface area contributed by atoms with Crippen molar-refractivity contribution in [3.8, 4) is 0 Å². The third-order valence-corrected chi connectivity index (χ3v) is 4.15. The molecule has 0 spiro atoms. The third kappa shape index (κ3) is 3.29. The molecule has 1 aliphatic carbocycles. The van der Waals surface area contributed by atoms with Crippen molar-refractivity contribution in [2.75, 3.05) is 4.72 Å². The van der Waals surface area contributed by atoms with Gasteiger partial charge in [0.25, 0.3) is 0 Å². The first-order valence-corrected chi connectivity index (χ1v) is 6.82. The fourth-order valence-corrected chi connectivity index (χ4v) is 2.57. The van der Waals surface area contributed by atoms with Gasteiger partial charge in [0, 0.05) is 6.20 Å². The molecule has 98 valence electrons. The Bertz CT molecular complexity index is 555. The number of sulfonamides is 1. The predicted molar refractivity (Wildman–Crippen MR) is 62.5 cm³/mol. The second kappa shape index (κ2) is 4.77. The summed E-state index contributed by atoms with van der Waals surface area (Å²) in [4.78, 5) is 18.0. The summed E-state index contributed by atoms with van der Waals surface area (Å²) in [7, 11) is -3.40. The lowest BCUT2D eigenvalue weighted by Crippen LogP contribution is -2.22. The zero-order chi connectivity index (χ0) is 13.2. The highest BCUT2D eigenvalue weighted by molar-refractivity contribution is 7.93. The van der Waals surface area contributed by atoms with E-state index in [0.717, 1.165) is 0 Å². The van der Waals surface area contributed by atoms with Crippen molar-refractivity contribution in [2.24, 2.45) is 0 Å². The monoisotopic (exact) mass is 272 g/mol. The van der Waals surface area contributed by atoms with Gasteiger partial charge in [0.15, 0.2) is 0 Å². The van der Waals surface area contributed by atoms with Gasteiger partial charge in [0.2, 0.25) is 16.0 Å². The molecular weight excluding hydrogens is 260 g/mol. The van der Waals surface area contributed by atoms with Gasteiger partial charge in [-0.15, -0.1) is 0 Å². The highest BCUT2D eigenvalue weighted by atomic mass is 32.2. The first-order valence-electron chi connectivity index (χ1n) is 5.28. The number of nitrogens with one attached hydrogen (secondary N) is 2. The molecule has 0 bridgehead atoms. The summed E-state index contributed by atoms with van der Waals surface area (Å²) < 4.78 is 25.6. The molecule has 1 amide bonds. The van der Waals surface area contributed by atoms with Crippen LogP contribution in [0.4, 0.5) is 10.7 Å². The predicted octanol–water partition coefficient (Wildman–Crippen LogP) is 0.148. The summed E-state index contributed by atoms with van der Waals surface area (Å²) in [5, 5.41) is 10.2. The second-order valence-corrected chi connectivity index (χ2v) is 5.84. The lowest BCUT2D eigenvalue weighted by atomic mass is 10.4. The molecule has 0 aliphatic heterocycles. The smallest absolute Gasteiger partial charge is 0.404 e. The number of carbonyl (C=O) groups is 1. The van der Waals surface area contributed by atoms with Gasteiger partial charge in [0.05, 0.1) is 17.5 Å². The maximum Gasteiger partial charge on any atom is 0.404 e. The van der Waals surface area contributed by atoms with Crippen LogP contribution in [0.2, 0.25) is 0 Å². The SMILES string of the molecule is O=C(O)NCc1ccnc(NS(=O)(=O)C2CC2)n1. The van der Waals surface area contributed by atoms with Gasteiger partial charge in [0.1, 0.15) is 0 Å². The van der Waals surface area contributed by atoms with Crippen LogP contribution in [0.5, 0.6) is 0 Å². The van der Waals surface area contributed by atoms with E-state index in [1.54, 1.807) is 0 Å². The third-order valence-electron chi connectivity index (χ3n) is 2.33. The first-order chi connectivity index (χ1) is 8.47. The molecule has 0 unspecified atom stereocenters. The van der Waals surface area contributed by atoms with Crippen molar-refractivity contribution in [1.82, 2.24) is 15.3 Å². The van der Waals surface area contributed by atoms with E-state index < -0.39 is 16.1 Å². The maximum atomic E-state index is 11.6. The van der Waals surface area contributed by atoms with E-state index in [1.807, 2.05) is 0 Å². The number of carboxylic acid groups (broad SMARTS) is 1. The Kier molecular flexibility index (Phi) is 3.32. The minimum Gasteiger partial charge on any atom is -0.465 e. The van der Waals surface area contributed by atoms with E-state index in [4.69, 9.17) is 5.11 Å². The van der Waals surface area contributed by atoms with Crippen molar-refractivity contribution < 1.29 is 18.3 Å². The molecule has 1 aliphatic rings. The maximum absolute atomic E-state index is 11.6. The number of aromatic nitrogens is 2.